The molecule has 13 heteroatoms. The van der Waals surface area contributed by atoms with Crippen LogP contribution in [0.3, 0.4) is 0 Å². The lowest BCUT2D eigenvalue weighted by molar-refractivity contribution is -0.274. The van der Waals surface area contributed by atoms with Crippen LogP contribution in [0.25, 0.3) is 11.1 Å². The highest BCUT2D eigenvalue weighted by atomic mass is 19.4. The zero-order valence-electron chi connectivity index (χ0n) is 20.9. The number of aromatic amines is 1. The van der Waals surface area contributed by atoms with E-state index in [0.717, 1.165) is 16.7 Å². The first kappa shape index (κ1) is 27.8. The first-order chi connectivity index (χ1) is 19.0. The molecule has 0 fully saturated rings. The van der Waals surface area contributed by atoms with E-state index < -0.39 is 35.8 Å². The zero-order valence-corrected chi connectivity index (χ0v) is 20.9. The van der Waals surface area contributed by atoms with E-state index in [-0.39, 0.29) is 29.5 Å². The summed E-state index contributed by atoms with van der Waals surface area (Å²) >= 11 is 0. The highest BCUT2D eigenvalue weighted by Crippen LogP contribution is 2.31. The van der Waals surface area contributed by atoms with E-state index in [1.807, 2.05) is 0 Å². The summed E-state index contributed by atoms with van der Waals surface area (Å²) in [5, 5.41) is 4.88. The third-order valence-corrected chi connectivity index (χ3v) is 5.58. The number of alkyl halides is 3. The monoisotopic (exact) mass is 553 g/mol. The number of H-pyrrole nitrogens is 1. The number of amides is 2. The van der Waals surface area contributed by atoms with Crippen molar-refractivity contribution >= 4 is 17.6 Å². The van der Waals surface area contributed by atoms with Crippen LogP contribution in [-0.2, 0) is 17.9 Å². The first-order valence-electron chi connectivity index (χ1n) is 11.8. The molecular formula is C27H22F3N5O5. The third kappa shape index (κ3) is 7.22. The van der Waals surface area contributed by atoms with Crippen molar-refractivity contribution in [2.24, 2.45) is 0 Å². The summed E-state index contributed by atoms with van der Waals surface area (Å²) in [4.78, 5) is 55.1. The highest BCUT2D eigenvalue weighted by molar-refractivity contribution is 5.92. The van der Waals surface area contributed by atoms with E-state index in [0.29, 0.717) is 16.7 Å². The fourth-order valence-electron chi connectivity index (χ4n) is 3.75. The third-order valence-electron chi connectivity index (χ3n) is 5.58. The Labute approximate surface area is 224 Å². The van der Waals surface area contributed by atoms with Gasteiger partial charge in [-0.2, -0.15) is 0 Å². The maximum atomic E-state index is 13.1. The fraction of sp³-hybridized carbons (Fsp3) is 0.148. The van der Waals surface area contributed by atoms with Crippen molar-refractivity contribution in [3.8, 4) is 16.9 Å². The Bertz CT molecular complexity index is 1620. The lowest BCUT2D eigenvalue weighted by atomic mass is 10.0. The van der Waals surface area contributed by atoms with Gasteiger partial charge in [0.1, 0.15) is 17.3 Å². The zero-order chi connectivity index (χ0) is 28.9. The van der Waals surface area contributed by atoms with Gasteiger partial charge in [-0.1, -0.05) is 42.5 Å². The van der Waals surface area contributed by atoms with Crippen LogP contribution in [-0.4, -0.2) is 32.7 Å². The lowest BCUT2D eigenvalue weighted by Crippen LogP contribution is -2.38. The van der Waals surface area contributed by atoms with E-state index in [4.69, 9.17) is 0 Å². The van der Waals surface area contributed by atoms with Crippen molar-refractivity contribution in [1.29, 1.82) is 0 Å². The molecule has 2 heterocycles. The predicted molar refractivity (Wildman–Crippen MR) is 139 cm³/mol. The van der Waals surface area contributed by atoms with E-state index in [2.05, 4.69) is 25.3 Å². The van der Waals surface area contributed by atoms with Crippen molar-refractivity contribution in [2.45, 2.75) is 26.4 Å². The lowest BCUT2D eigenvalue weighted by Gasteiger charge is -2.15. The van der Waals surface area contributed by atoms with Crippen LogP contribution in [0.5, 0.6) is 5.75 Å². The molecule has 0 aliphatic rings. The number of rotatable bonds is 8. The molecule has 0 bridgehead atoms. The Morgan fingerprint density at radius 1 is 1.00 bits per heavy atom. The molecule has 0 atom stereocenters. The minimum atomic E-state index is -5.01. The quantitative estimate of drug-likeness (QED) is 0.306. The van der Waals surface area contributed by atoms with Gasteiger partial charge in [0.2, 0.25) is 5.91 Å². The molecule has 40 heavy (non-hydrogen) atoms. The topological polar surface area (TPSA) is 135 Å². The number of nitrogens with one attached hydrogen (secondary N) is 3. The number of halogens is 3. The van der Waals surface area contributed by atoms with Crippen LogP contribution in [0, 0.1) is 0 Å². The summed E-state index contributed by atoms with van der Waals surface area (Å²) < 4.78 is 44.5. The number of hydrogen-bond acceptors (Lipinski definition) is 6. The first-order valence-corrected chi connectivity index (χ1v) is 11.8. The molecule has 0 saturated carbocycles. The molecule has 4 aromatic rings. The highest BCUT2D eigenvalue weighted by Gasteiger charge is 2.32. The standard InChI is InChI=1S/C27H22F3N5O5/c1-16(36)33-23-10-9-19(13-31-23)18-7-8-20(22(11-18)40-27(28,29)30)14-32-25(38)21-12-24(37)35(26(39)34-21)15-17-5-3-2-4-6-17/h2-13H,14-15H2,1H3,(H,32,38)(H,34,39)(H,31,33,36). The number of ether oxygens (including phenoxy) is 1. The van der Waals surface area contributed by atoms with Gasteiger partial charge in [-0.05, 0) is 29.3 Å². The van der Waals surface area contributed by atoms with Gasteiger partial charge in [0.05, 0.1) is 6.54 Å². The maximum absolute atomic E-state index is 13.1. The number of aromatic nitrogens is 3. The summed E-state index contributed by atoms with van der Waals surface area (Å²) in [6.07, 6.45) is -3.64. The molecule has 0 radical (unpaired) electrons. The van der Waals surface area contributed by atoms with Crippen molar-refractivity contribution in [1.82, 2.24) is 19.9 Å². The molecular weight excluding hydrogens is 531 g/mol. The average molecular weight is 553 g/mol. The average Bonchev–Trinajstić information content (AvgIpc) is 2.89. The van der Waals surface area contributed by atoms with Crippen molar-refractivity contribution in [2.75, 3.05) is 5.32 Å². The van der Waals surface area contributed by atoms with E-state index >= 15 is 0 Å². The van der Waals surface area contributed by atoms with Crippen LogP contribution in [0.1, 0.15) is 28.5 Å². The molecule has 0 aliphatic heterocycles. The van der Waals surface area contributed by atoms with Gasteiger partial charge in [-0.3, -0.25) is 19.0 Å². The summed E-state index contributed by atoms with van der Waals surface area (Å²) in [5.41, 5.74) is -0.414. The van der Waals surface area contributed by atoms with Gasteiger partial charge >= 0.3 is 12.1 Å². The van der Waals surface area contributed by atoms with E-state index in [1.54, 1.807) is 36.4 Å². The number of anilines is 1. The Kier molecular flexibility index (Phi) is 8.12. The minimum Gasteiger partial charge on any atom is -0.405 e. The molecule has 2 amide bonds. The van der Waals surface area contributed by atoms with Crippen molar-refractivity contribution in [3.63, 3.8) is 0 Å². The van der Waals surface area contributed by atoms with Crippen LogP contribution >= 0.6 is 0 Å². The number of carbonyl (C=O) groups is 2. The van der Waals surface area contributed by atoms with Gasteiger partial charge in [0, 0.05) is 36.9 Å². The Morgan fingerprint density at radius 3 is 2.35 bits per heavy atom. The predicted octanol–water partition coefficient (Wildman–Crippen LogP) is 3.43. The number of benzene rings is 2. The number of carbonyl (C=O) groups excluding carboxylic acids is 2. The van der Waals surface area contributed by atoms with E-state index in [9.17, 15) is 32.3 Å². The van der Waals surface area contributed by atoms with Crippen molar-refractivity contribution in [3.05, 3.63) is 111 Å². The second kappa shape index (κ2) is 11.7. The SMILES string of the molecule is CC(=O)Nc1ccc(-c2ccc(CNC(=O)c3cc(=O)n(Cc4ccccc4)c(=O)[nH]3)c(OC(F)(F)F)c2)cn1. The van der Waals surface area contributed by atoms with Crippen LogP contribution in [0.2, 0.25) is 0 Å². The summed E-state index contributed by atoms with van der Waals surface area (Å²) in [6.45, 7) is 0.900. The molecule has 0 unspecified atom stereocenters. The molecule has 206 valence electrons. The number of hydrogen-bond donors (Lipinski definition) is 3. The molecule has 10 nitrogen and oxygen atoms in total. The number of pyridine rings is 1. The smallest absolute Gasteiger partial charge is 0.405 e. The van der Waals surface area contributed by atoms with Gasteiger partial charge in [0.25, 0.3) is 11.5 Å². The summed E-state index contributed by atoms with van der Waals surface area (Å²) in [7, 11) is 0. The second-order valence-electron chi connectivity index (χ2n) is 8.56. The van der Waals surface area contributed by atoms with Crippen LogP contribution < -0.4 is 26.6 Å². The molecule has 3 N–H and O–H groups in total. The molecule has 2 aromatic carbocycles. The Balaban J connectivity index is 1.53. The normalized spacial score (nSPS) is 11.1. The van der Waals surface area contributed by atoms with Crippen LogP contribution in [0.4, 0.5) is 19.0 Å². The van der Waals surface area contributed by atoms with E-state index in [1.165, 1.54) is 31.3 Å². The summed E-state index contributed by atoms with van der Waals surface area (Å²) in [6, 6.07) is 16.7. The van der Waals surface area contributed by atoms with Gasteiger partial charge in [-0.25, -0.2) is 9.78 Å². The Hall–Kier alpha value is -5.20. The minimum absolute atomic E-state index is 0.00706. The van der Waals surface area contributed by atoms with Gasteiger partial charge in [-0.15, -0.1) is 13.2 Å². The molecule has 0 spiro atoms. The molecule has 4 rings (SSSR count). The number of nitrogens with zero attached hydrogens (tertiary/aromatic N) is 2. The Morgan fingerprint density at radius 2 is 1.73 bits per heavy atom. The molecule has 2 aromatic heterocycles. The largest absolute Gasteiger partial charge is 0.573 e. The fourth-order valence-corrected chi connectivity index (χ4v) is 3.75. The molecule has 0 aliphatic carbocycles. The van der Waals surface area contributed by atoms with Crippen molar-refractivity contribution < 1.29 is 27.5 Å². The van der Waals surface area contributed by atoms with Crippen LogP contribution in [0.15, 0.2) is 82.5 Å². The maximum Gasteiger partial charge on any atom is 0.573 e. The van der Waals surface area contributed by atoms with Gasteiger partial charge in [0.15, 0.2) is 0 Å². The van der Waals surface area contributed by atoms with Gasteiger partial charge < -0.3 is 20.4 Å². The second-order valence-corrected chi connectivity index (χ2v) is 8.56. The molecule has 0 saturated heterocycles. The summed E-state index contributed by atoms with van der Waals surface area (Å²) in [5.74, 6) is -1.50.